The van der Waals surface area contributed by atoms with E-state index in [9.17, 15) is 0 Å². The molecule has 0 saturated carbocycles. The molecule has 0 aliphatic rings. The van der Waals surface area contributed by atoms with Crippen LogP contribution in [0.3, 0.4) is 0 Å². The maximum Gasteiger partial charge on any atom is 0.122 e. The van der Waals surface area contributed by atoms with Crippen molar-refractivity contribution in [2.24, 2.45) is 5.73 Å². The van der Waals surface area contributed by atoms with Crippen molar-refractivity contribution in [2.45, 2.75) is 25.7 Å². The summed E-state index contributed by atoms with van der Waals surface area (Å²) in [7, 11) is 1.71. The molecule has 0 saturated heterocycles. The third-order valence-electron chi connectivity index (χ3n) is 3.81. The highest BCUT2D eigenvalue weighted by atomic mass is 35.5. The lowest BCUT2D eigenvalue weighted by Crippen LogP contribution is -2.15. The smallest absolute Gasteiger partial charge is 0.122 e. The number of aryl methyl sites for hydroxylation is 1. The number of benzene rings is 2. The van der Waals surface area contributed by atoms with E-state index < -0.39 is 0 Å². The SMILES string of the molecule is CCc1cc(CC(CN)c2cccc(Cl)c2)ccc1OC. The van der Waals surface area contributed by atoms with E-state index >= 15 is 0 Å². The predicted octanol–water partition coefficient (Wildman–Crippen LogP) is 4.20. The van der Waals surface area contributed by atoms with Gasteiger partial charge in [0, 0.05) is 10.9 Å². The third kappa shape index (κ3) is 3.99. The largest absolute Gasteiger partial charge is 0.496 e. The average Bonchev–Trinajstić information content (AvgIpc) is 2.52. The Morgan fingerprint density at radius 1 is 1.19 bits per heavy atom. The van der Waals surface area contributed by atoms with E-state index in [4.69, 9.17) is 22.1 Å². The van der Waals surface area contributed by atoms with Crippen molar-refractivity contribution in [3.63, 3.8) is 0 Å². The quantitative estimate of drug-likeness (QED) is 0.868. The van der Waals surface area contributed by atoms with Crippen molar-refractivity contribution >= 4 is 11.6 Å². The first-order valence-corrected chi connectivity index (χ1v) is 7.67. The second kappa shape index (κ2) is 7.48. The summed E-state index contributed by atoms with van der Waals surface area (Å²) in [6.45, 7) is 2.74. The lowest BCUT2D eigenvalue weighted by Gasteiger charge is -2.17. The van der Waals surface area contributed by atoms with Gasteiger partial charge in [-0.3, -0.25) is 0 Å². The van der Waals surface area contributed by atoms with Crippen molar-refractivity contribution < 1.29 is 4.74 Å². The summed E-state index contributed by atoms with van der Waals surface area (Å²) in [4.78, 5) is 0. The van der Waals surface area contributed by atoms with E-state index in [1.807, 2.05) is 24.3 Å². The molecule has 112 valence electrons. The first-order chi connectivity index (χ1) is 10.2. The zero-order valence-corrected chi connectivity index (χ0v) is 13.4. The van der Waals surface area contributed by atoms with Crippen molar-refractivity contribution in [3.05, 3.63) is 64.2 Å². The van der Waals surface area contributed by atoms with Gasteiger partial charge in [-0.2, -0.15) is 0 Å². The summed E-state index contributed by atoms with van der Waals surface area (Å²) in [5.41, 5.74) is 9.67. The summed E-state index contributed by atoms with van der Waals surface area (Å²) < 4.78 is 5.38. The molecule has 2 nitrogen and oxygen atoms in total. The molecule has 0 aliphatic heterocycles. The maximum absolute atomic E-state index is 6.08. The lowest BCUT2D eigenvalue weighted by molar-refractivity contribution is 0.410. The number of methoxy groups -OCH3 is 1. The minimum absolute atomic E-state index is 0.279. The van der Waals surface area contributed by atoms with Crippen LogP contribution in [0.4, 0.5) is 0 Å². The molecule has 3 heteroatoms. The van der Waals surface area contributed by atoms with E-state index in [1.165, 1.54) is 16.7 Å². The molecule has 2 aromatic carbocycles. The minimum atomic E-state index is 0.279. The van der Waals surface area contributed by atoms with Gasteiger partial charge in [-0.05, 0) is 54.3 Å². The van der Waals surface area contributed by atoms with Gasteiger partial charge in [0.25, 0.3) is 0 Å². The molecule has 0 heterocycles. The maximum atomic E-state index is 6.08. The minimum Gasteiger partial charge on any atom is -0.496 e. The molecular formula is C18H22ClNO. The van der Waals surface area contributed by atoms with E-state index in [2.05, 4.69) is 25.1 Å². The van der Waals surface area contributed by atoms with Crippen LogP contribution in [-0.2, 0) is 12.8 Å². The molecule has 0 fully saturated rings. The Morgan fingerprint density at radius 2 is 2.00 bits per heavy atom. The van der Waals surface area contributed by atoms with Gasteiger partial charge in [-0.25, -0.2) is 0 Å². The molecule has 1 unspecified atom stereocenters. The van der Waals surface area contributed by atoms with Crippen LogP contribution in [0.1, 0.15) is 29.5 Å². The van der Waals surface area contributed by atoms with Crippen LogP contribution in [0.2, 0.25) is 5.02 Å². The predicted molar refractivity (Wildman–Crippen MR) is 89.3 cm³/mol. The molecule has 21 heavy (non-hydrogen) atoms. The first kappa shape index (κ1) is 15.9. The molecule has 0 aliphatic carbocycles. The Labute approximate surface area is 131 Å². The number of rotatable bonds is 6. The van der Waals surface area contributed by atoms with Crippen LogP contribution in [0.15, 0.2) is 42.5 Å². The molecule has 2 aromatic rings. The Morgan fingerprint density at radius 3 is 2.62 bits per heavy atom. The average molecular weight is 304 g/mol. The standard InChI is InChI=1S/C18H22ClNO/c1-3-14-9-13(7-8-18(14)21-2)10-16(12-20)15-5-4-6-17(19)11-15/h4-9,11,16H,3,10,12,20H2,1-2H3. The van der Waals surface area contributed by atoms with Gasteiger partial charge in [0.1, 0.15) is 5.75 Å². The van der Waals surface area contributed by atoms with Gasteiger partial charge in [-0.15, -0.1) is 0 Å². The highest BCUT2D eigenvalue weighted by Gasteiger charge is 2.12. The van der Waals surface area contributed by atoms with Gasteiger partial charge >= 0.3 is 0 Å². The fraction of sp³-hybridized carbons (Fsp3) is 0.333. The van der Waals surface area contributed by atoms with E-state index in [0.29, 0.717) is 6.54 Å². The third-order valence-corrected chi connectivity index (χ3v) is 4.05. The van der Waals surface area contributed by atoms with Gasteiger partial charge in [0.2, 0.25) is 0 Å². The molecule has 2 N–H and O–H groups in total. The normalized spacial score (nSPS) is 12.2. The van der Waals surface area contributed by atoms with Gasteiger partial charge in [0.15, 0.2) is 0 Å². The highest BCUT2D eigenvalue weighted by molar-refractivity contribution is 6.30. The number of ether oxygens (including phenoxy) is 1. The fourth-order valence-corrected chi connectivity index (χ4v) is 2.82. The van der Waals surface area contributed by atoms with Crippen LogP contribution in [-0.4, -0.2) is 13.7 Å². The summed E-state index contributed by atoms with van der Waals surface area (Å²) in [6.07, 6.45) is 1.87. The molecule has 0 aromatic heterocycles. The van der Waals surface area contributed by atoms with Gasteiger partial charge in [-0.1, -0.05) is 42.8 Å². The Hall–Kier alpha value is -1.51. The highest BCUT2D eigenvalue weighted by Crippen LogP contribution is 2.26. The van der Waals surface area contributed by atoms with E-state index in [1.54, 1.807) is 7.11 Å². The molecule has 0 spiro atoms. The van der Waals surface area contributed by atoms with Crippen molar-refractivity contribution in [3.8, 4) is 5.75 Å². The summed E-state index contributed by atoms with van der Waals surface area (Å²) in [5.74, 6) is 1.23. The van der Waals surface area contributed by atoms with Crippen molar-refractivity contribution in [1.29, 1.82) is 0 Å². The van der Waals surface area contributed by atoms with Gasteiger partial charge < -0.3 is 10.5 Å². The number of hydrogen-bond donors (Lipinski definition) is 1. The molecule has 1 atom stereocenters. The molecular weight excluding hydrogens is 282 g/mol. The topological polar surface area (TPSA) is 35.2 Å². The summed E-state index contributed by atoms with van der Waals surface area (Å²) >= 11 is 6.08. The van der Waals surface area contributed by atoms with Crippen LogP contribution in [0.5, 0.6) is 5.75 Å². The van der Waals surface area contributed by atoms with Crippen LogP contribution < -0.4 is 10.5 Å². The second-order valence-electron chi connectivity index (χ2n) is 5.19. The number of nitrogens with two attached hydrogens (primary N) is 1. The van der Waals surface area contributed by atoms with Crippen molar-refractivity contribution in [2.75, 3.05) is 13.7 Å². The first-order valence-electron chi connectivity index (χ1n) is 7.29. The Kier molecular flexibility index (Phi) is 5.66. The molecule has 2 rings (SSSR count). The van der Waals surface area contributed by atoms with Crippen molar-refractivity contribution in [1.82, 2.24) is 0 Å². The fourth-order valence-electron chi connectivity index (χ4n) is 2.62. The van der Waals surface area contributed by atoms with E-state index in [-0.39, 0.29) is 5.92 Å². The Bertz CT molecular complexity index is 598. The molecule has 0 amide bonds. The van der Waals surface area contributed by atoms with E-state index in [0.717, 1.165) is 23.6 Å². The molecule has 0 bridgehead atoms. The summed E-state index contributed by atoms with van der Waals surface area (Å²) in [5, 5.41) is 0.759. The van der Waals surface area contributed by atoms with Crippen LogP contribution >= 0.6 is 11.6 Å². The molecule has 0 radical (unpaired) electrons. The number of hydrogen-bond acceptors (Lipinski definition) is 2. The zero-order valence-electron chi connectivity index (χ0n) is 12.6. The monoisotopic (exact) mass is 303 g/mol. The van der Waals surface area contributed by atoms with Crippen LogP contribution in [0, 0.1) is 0 Å². The van der Waals surface area contributed by atoms with Crippen LogP contribution in [0.25, 0.3) is 0 Å². The lowest BCUT2D eigenvalue weighted by atomic mass is 9.91. The Balaban J connectivity index is 2.22. The number of halogens is 1. The summed E-state index contributed by atoms with van der Waals surface area (Å²) in [6, 6.07) is 14.3. The zero-order chi connectivity index (χ0) is 15.2. The second-order valence-corrected chi connectivity index (χ2v) is 5.63. The van der Waals surface area contributed by atoms with Gasteiger partial charge in [0.05, 0.1) is 7.11 Å².